The van der Waals surface area contributed by atoms with E-state index in [9.17, 15) is 9.90 Å². The van der Waals surface area contributed by atoms with Gasteiger partial charge in [-0.3, -0.25) is 0 Å². The Kier molecular flexibility index (Phi) is 5.72. The normalized spacial score (nSPS) is 15.5. The third-order valence-electron chi connectivity index (χ3n) is 5.59. The molecule has 0 radical (unpaired) electrons. The van der Waals surface area contributed by atoms with Crippen molar-refractivity contribution in [1.29, 1.82) is 0 Å². The molecule has 154 valence electrons. The minimum absolute atomic E-state index is 0.168. The number of carbonyl (C=O) groups is 1. The van der Waals surface area contributed by atoms with Gasteiger partial charge < -0.3 is 20.1 Å². The topological polar surface area (TPSA) is 61.8 Å². The molecule has 0 bridgehead atoms. The van der Waals surface area contributed by atoms with Crippen LogP contribution in [0.4, 0.5) is 10.5 Å². The third-order valence-corrected chi connectivity index (χ3v) is 5.59. The molecule has 2 amide bonds. The highest BCUT2D eigenvalue weighted by Crippen LogP contribution is 2.34. The summed E-state index contributed by atoms with van der Waals surface area (Å²) in [6.07, 6.45) is 1.03. The Balaban J connectivity index is 1.37. The van der Waals surface area contributed by atoms with Crippen molar-refractivity contribution in [3.8, 4) is 11.5 Å². The summed E-state index contributed by atoms with van der Waals surface area (Å²) in [7, 11) is 0. The highest BCUT2D eigenvalue weighted by molar-refractivity contribution is 5.89. The monoisotopic (exact) mass is 402 g/mol. The van der Waals surface area contributed by atoms with Crippen LogP contribution in [0, 0.1) is 6.92 Å². The van der Waals surface area contributed by atoms with Crippen LogP contribution in [0.5, 0.6) is 11.5 Å². The molecule has 0 saturated carbocycles. The predicted octanol–water partition coefficient (Wildman–Crippen LogP) is 5.30. The van der Waals surface area contributed by atoms with E-state index in [2.05, 4.69) is 5.32 Å². The van der Waals surface area contributed by atoms with E-state index in [-0.39, 0.29) is 6.03 Å². The first kappa shape index (κ1) is 20.0. The standard InChI is InChI=1S/C25H26N2O3/c1-19-8-5-6-13-23(19)25(29)14-16-27(17-15-25)24(28)26-20-9-7-12-22(18-20)30-21-10-3-2-4-11-21/h2-13,18,29H,14-17H2,1H3,(H,26,28). The number of nitrogens with one attached hydrogen (secondary N) is 1. The molecule has 5 heteroatoms. The second-order valence-corrected chi connectivity index (χ2v) is 7.71. The number of ether oxygens (including phenoxy) is 1. The third kappa shape index (κ3) is 4.47. The Morgan fingerprint density at radius 3 is 2.33 bits per heavy atom. The molecule has 0 aromatic heterocycles. The second kappa shape index (κ2) is 8.59. The number of aliphatic hydroxyl groups is 1. The quantitative estimate of drug-likeness (QED) is 0.622. The van der Waals surface area contributed by atoms with E-state index < -0.39 is 5.60 Å². The maximum atomic E-state index is 12.7. The molecule has 0 unspecified atom stereocenters. The van der Waals surface area contributed by atoms with Crippen molar-refractivity contribution in [2.75, 3.05) is 18.4 Å². The van der Waals surface area contributed by atoms with Crippen LogP contribution in [0.25, 0.3) is 0 Å². The molecular weight excluding hydrogens is 376 g/mol. The fourth-order valence-corrected chi connectivity index (χ4v) is 3.91. The largest absolute Gasteiger partial charge is 0.457 e. The van der Waals surface area contributed by atoms with Crippen LogP contribution in [0.15, 0.2) is 78.9 Å². The summed E-state index contributed by atoms with van der Waals surface area (Å²) in [6.45, 7) is 3.00. The number of nitrogens with zero attached hydrogens (tertiary/aromatic N) is 1. The number of hydrogen-bond donors (Lipinski definition) is 2. The smallest absolute Gasteiger partial charge is 0.321 e. The van der Waals surface area contributed by atoms with Crippen molar-refractivity contribution in [3.05, 3.63) is 90.0 Å². The Morgan fingerprint density at radius 1 is 0.933 bits per heavy atom. The van der Waals surface area contributed by atoms with Gasteiger partial charge in [-0.2, -0.15) is 0 Å². The summed E-state index contributed by atoms with van der Waals surface area (Å²) in [5, 5.41) is 14.1. The molecule has 1 saturated heterocycles. The number of amides is 2. The number of urea groups is 1. The van der Waals surface area contributed by atoms with Crippen molar-refractivity contribution in [1.82, 2.24) is 4.90 Å². The van der Waals surface area contributed by atoms with Crippen LogP contribution in [0.3, 0.4) is 0 Å². The zero-order chi connectivity index (χ0) is 21.0. The van der Waals surface area contributed by atoms with Crippen LogP contribution >= 0.6 is 0 Å². The van der Waals surface area contributed by atoms with Gasteiger partial charge in [0.1, 0.15) is 11.5 Å². The predicted molar refractivity (Wildman–Crippen MR) is 118 cm³/mol. The van der Waals surface area contributed by atoms with Gasteiger partial charge in [-0.25, -0.2) is 4.79 Å². The minimum Gasteiger partial charge on any atom is -0.457 e. The first-order valence-corrected chi connectivity index (χ1v) is 10.2. The van der Waals surface area contributed by atoms with E-state index in [4.69, 9.17) is 4.74 Å². The number of anilines is 1. The Hall–Kier alpha value is -3.31. The molecule has 0 spiro atoms. The van der Waals surface area contributed by atoms with E-state index in [1.165, 1.54) is 0 Å². The van der Waals surface area contributed by atoms with Gasteiger partial charge in [0.05, 0.1) is 5.60 Å². The highest BCUT2D eigenvalue weighted by Gasteiger charge is 2.36. The zero-order valence-electron chi connectivity index (χ0n) is 17.0. The number of hydrogen-bond acceptors (Lipinski definition) is 3. The molecular formula is C25H26N2O3. The Morgan fingerprint density at radius 2 is 1.60 bits per heavy atom. The van der Waals surface area contributed by atoms with Crippen LogP contribution < -0.4 is 10.1 Å². The van der Waals surface area contributed by atoms with Crippen LogP contribution in [-0.2, 0) is 5.60 Å². The fourth-order valence-electron chi connectivity index (χ4n) is 3.91. The summed E-state index contributed by atoms with van der Waals surface area (Å²) >= 11 is 0. The maximum absolute atomic E-state index is 12.7. The van der Waals surface area contributed by atoms with Crippen LogP contribution in [-0.4, -0.2) is 29.1 Å². The van der Waals surface area contributed by atoms with Crippen LogP contribution in [0.2, 0.25) is 0 Å². The number of likely N-dealkylation sites (tertiary alicyclic amines) is 1. The number of para-hydroxylation sites is 1. The van der Waals surface area contributed by atoms with E-state index >= 15 is 0 Å². The van der Waals surface area contributed by atoms with E-state index in [0.717, 1.165) is 16.9 Å². The lowest BCUT2D eigenvalue weighted by molar-refractivity contribution is -0.0161. The lowest BCUT2D eigenvalue weighted by Crippen LogP contribution is -2.46. The fraction of sp³-hybridized carbons (Fsp3) is 0.240. The molecule has 30 heavy (non-hydrogen) atoms. The second-order valence-electron chi connectivity index (χ2n) is 7.71. The molecule has 0 aliphatic carbocycles. The first-order valence-electron chi connectivity index (χ1n) is 10.2. The number of benzene rings is 3. The Labute approximate surface area is 176 Å². The minimum atomic E-state index is -0.883. The number of carbonyl (C=O) groups excluding carboxylic acids is 1. The number of rotatable bonds is 4. The summed E-state index contributed by atoms with van der Waals surface area (Å²) < 4.78 is 5.84. The van der Waals surface area contributed by atoms with Crippen molar-refractivity contribution in [3.63, 3.8) is 0 Å². The molecule has 1 heterocycles. The lowest BCUT2D eigenvalue weighted by Gasteiger charge is -2.39. The molecule has 3 aromatic carbocycles. The van der Waals surface area contributed by atoms with Gasteiger partial charge in [0.2, 0.25) is 0 Å². The summed E-state index contributed by atoms with van der Waals surface area (Å²) in [5.41, 5.74) is 1.82. The van der Waals surface area contributed by atoms with Gasteiger partial charge in [-0.05, 0) is 55.2 Å². The number of piperidine rings is 1. The molecule has 1 fully saturated rings. The van der Waals surface area contributed by atoms with Crippen molar-refractivity contribution in [2.24, 2.45) is 0 Å². The van der Waals surface area contributed by atoms with Gasteiger partial charge in [0, 0.05) is 24.8 Å². The average Bonchev–Trinajstić information content (AvgIpc) is 2.75. The van der Waals surface area contributed by atoms with Gasteiger partial charge in [-0.1, -0.05) is 48.5 Å². The zero-order valence-corrected chi connectivity index (χ0v) is 17.0. The molecule has 3 aromatic rings. The summed E-state index contributed by atoms with van der Waals surface area (Å²) in [6, 6.07) is 24.6. The van der Waals surface area contributed by atoms with Gasteiger partial charge in [0.15, 0.2) is 0 Å². The highest BCUT2D eigenvalue weighted by atomic mass is 16.5. The van der Waals surface area contributed by atoms with Crippen molar-refractivity contribution in [2.45, 2.75) is 25.4 Å². The van der Waals surface area contributed by atoms with Crippen molar-refractivity contribution >= 4 is 11.7 Å². The average molecular weight is 402 g/mol. The molecule has 1 aliphatic rings. The molecule has 0 atom stereocenters. The summed E-state index contributed by atoms with van der Waals surface area (Å²) in [4.78, 5) is 14.5. The molecule has 4 rings (SSSR count). The first-order chi connectivity index (χ1) is 14.5. The lowest BCUT2D eigenvalue weighted by atomic mass is 9.82. The van der Waals surface area contributed by atoms with E-state index in [0.29, 0.717) is 37.4 Å². The summed E-state index contributed by atoms with van der Waals surface area (Å²) in [5.74, 6) is 1.40. The van der Waals surface area contributed by atoms with E-state index in [1.807, 2.05) is 79.7 Å². The van der Waals surface area contributed by atoms with Gasteiger partial charge >= 0.3 is 6.03 Å². The van der Waals surface area contributed by atoms with Gasteiger partial charge in [0.25, 0.3) is 0 Å². The maximum Gasteiger partial charge on any atom is 0.321 e. The molecule has 1 aliphatic heterocycles. The Bertz CT molecular complexity index is 1010. The molecule has 2 N–H and O–H groups in total. The van der Waals surface area contributed by atoms with E-state index in [1.54, 1.807) is 11.0 Å². The number of aryl methyl sites for hydroxylation is 1. The SMILES string of the molecule is Cc1ccccc1C1(O)CCN(C(=O)Nc2cccc(Oc3ccccc3)c2)CC1. The van der Waals surface area contributed by atoms with Crippen molar-refractivity contribution < 1.29 is 14.6 Å². The van der Waals surface area contributed by atoms with Crippen LogP contribution in [0.1, 0.15) is 24.0 Å². The van der Waals surface area contributed by atoms with Gasteiger partial charge in [-0.15, -0.1) is 0 Å². The molecule has 5 nitrogen and oxygen atoms in total.